The molecular weight excluding hydrogens is 212 g/mol. The summed E-state index contributed by atoms with van der Waals surface area (Å²) in [6.45, 7) is 2.28. The normalized spacial score (nSPS) is 20.9. The molecule has 0 spiro atoms. The van der Waals surface area contributed by atoms with Gasteiger partial charge in [0.05, 0.1) is 18.8 Å². The van der Waals surface area contributed by atoms with E-state index in [2.05, 4.69) is 11.9 Å². The van der Waals surface area contributed by atoms with Crippen molar-refractivity contribution in [2.45, 2.75) is 45.1 Å². The van der Waals surface area contributed by atoms with Gasteiger partial charge in [-0.25, -0.2) is 0 Å². The predicted octanol–water partition coefficient (Wildman–Crippen LogP) is 3.06. The molecule has 1 aliphatic carbocycles. The number of hydrogen-bond donors (Lipinski definition) is 1. The molecule has 1 atom stereocenters. The molecule has 0 amide bonds. The Labute approximate surface area is 103 Å². The molecule has 0 saturated heterocycles. The number of rotatable bonds is 3. The summed E-state index contributed by atoms with van der Waals surface area (Å²) in [5, 5.41) is 0. The Bertz CT molecular complexity index is 372. The molecule has 1 aliphatic rings. The van der Waals surface area contributed by atoms with Crippen LogP contribution in [0.5, 0.6) is 5.75 Å². The second-order valence-corrected chi connectivity index (χ2v) is 5.28. The lowest BCUT2D eigenvalue weighted by molar-refractivity contribution is 0.165. The van der Waals surface area contributed by atoms with Crippen molar-refractivity contribution in [2.24, 2.45) is 11.1 Å². The number of nitrogens with zero attached hydrogens (tertiary/aromatic N) is 1. The molecule has 1 aromatic rings. The van der Waals surface area contributed by atoms with Gasteiger partial charge in [0.25, 0.3) is 0 Å². The Morgan fingerprint density at radius 1 is 1.35 bits per heavy atom. The zero-order chi connectivity index (χ0) is 12.3. The van der Waals surface area contributed by atoms with Crippen molar-refractivity contribution >= 4 is 0 Å². The average Bonchev–Trinajstić information content (AvgIpc) is 2.38. The number of methoxy groups -OCH3 is 1. The van der Waals surface area contributed by atoms with Gasteiger partial charge in [0, 0.05) is 6.20 Å². The molecule has 0 bridgehead atoms. The summed E-state index contributed by atoms with van der Waals surface area (Å²) < 4.78 is 5.36. The molecule has 94 valence electrons. The molecule has 0 radical (unpaired) electrons. The van der Waals surface area contributed by atoms with E-state index in [9.17, 15) is 0 Å². The lowest BCUT2D eigenvalue weighted by Crippen LogP contribution is -2.34. The molecule has 3 heteroatoms. The Kier molecular flexibility index (Phi) is 3.67. The van der Waals surface area contributed by atoms with Crippen LogP contribution in [0.2, 0.25) is 0 Å². The van der Waals surface area contributed by atoms with E-state index in [4.69, 9.17) is 10.5 Å². The third kappa shape index (κ3) is 2.44. The fourth-order valence-corrected chi connectivity index (χ4v) is 2.81. The van der Waals surface area contributed by atoms with Gasteiger partial charge in [-0.2, -0.15) is 0 Å². The summed E-state index contributed by atoms with van der Waals surface area (Å²) in [6.07, 6.45) is 8.06. The minimum Gasteiger partial charge on any atom is -0.495 e. The van der Waals surface area contributed by atoms with Crippen molar-refractivity contribution in [3.05, 3.63) is 24.0 Å². The quantitative estimate of drug-likeness (QED) is 0.874. The Balaban J connectivity index is 2.26. The highest BCUT2D eigenvalue weighted by molar-refractivity contribution is 5.30. The Morgan fingerprint density at radius 2 is 2.06 bits per heavy atom. The number of hydrogen-bond acceptors (Lipinski definition) is 3. The summed E-state index contributed by atoms with van der Waals surface area (Å²) in [6, 6.07) is 3.80. The molecule has 0 aliphatic heterocycles. The highest BCUT2D eigenvalue weighted by Gasteiger charge is 2.36. The van der Waals surface area contributed by atoms with Crippen LogP contribution in [0.15, 0.2) is 18.3 Å². The average molecular weight is 234 g/mol. The van der Waals surface area contributed by atoms with E-state index in [0.29, 0.717) is 0 Å². The molecule has 1 aromatic heterocycles. The maximum atomic E-state index is 6.44. The number of nitrogens with two attached hydrogens (primary N) is 1. The van der Waals surface area contributed by atoms with Crippen molar-refractivity contribution in [2.75, 3.05) is 7.11 Å². The molecule has 1 fully saturated rings. The highest BCUT2D eigenvalue weighted by Crippen LogP contribution is 2.45. The van der Waals surface area contributed by atoms with Crippen LogP contribution in [-0.4, -0.2) is 12.1 Å². The number of pyridine rings is 1. The zero-order valence-electron chi connectivity index (χ0n) is 10.8. The summed E-state index contributed by atoms with van der Waals surface area (Å²) in [4.78, 5) is 4.42. The van der Waals surface area contributed by atoms with Crippen LogP contribution in [0.25, 0.3) is 0 Å². The van der Waals surface area contributed by atoms with Gasteiger partial charge in [-0.15, -0.1) is 0 Å². The standard InChI is InChI=1S/C14H22N2O/c1-14(8-4-3-5-9-14)13(15)12-11(17-2)7-6-10-16-12/h6-7,10,13H,3-5,8-9,15H2,1-2H3. The summed E-state index contributed by atoms with van der Waals surface area (Å²) in [5.41, 5.74) is 7.51. The van der Waals surface area contributed by atoms with Gasteiger partial charge in [-0.1, -0.05) is 26.2 Å². The predicted molar refractivity (Wildman–Crippen MR) is 68.9 cm³/mol. The van der Waals surface area contributed by atoms with E-state index < -0.39 is 0 Å². The maximum absolute atomic E-state index is 6.44. The van der Waals surface area contributed by atoms with E-state index in [0.717, 1.165) is 11.4 Å². The monoisotopic (exact) mass is 234 g/mol. The van der Waals surface area contributed by atoms with Crippen molar-refractivity contribution in [3.63, 3.8) is 0 Å². The smallest absolute Gasteiger partial charge is 0.141 e. The van der Waals surface area contributed by atoms with Gasteiger partial charge in [-0.05, 0) is 30.4 Å². The second kappa shape index (κ2) is 5.05. The highest BCUT2D eigenvalue weighted by atomic mass is 16.5. The molecule has 17 heavy (non-hydrogen) atoms. The van der Waals surface area contributed by atoms with Crippen LogP contribution >= 0.6 is 0 Å². The minimum absolute atomic E-state index is 0.0288. The Morgan fingerprint density at radius 3 is 2.71 bits per heavy atom. The van der Waals surface area contributed by atoms with Crippen LogP contribution in [0.4, 0.5) is 0 Å². The molecule has 3 nitrogen and oxygen atoms in total. The first-order chi connectivity index (χ1) is 8.17. The lowest BCUT2D eigenvalue weighted by Gasteiger charge is -2.38. The third-order valence-electron chi connectivity index (χ3n) is 4.06. The van der Waals surface area contributed by atoms with Gasteiger partial charge in [0.15, 0.2) is 0 Å². The summed E-state index contributed by atoms with van der Waals surface area (Å²) in [7, 11) is 1.68. The fourth-order valence-electron chi connectivity index (χ4n) is 2.81. The third-order valence-corrected chi connectivity index (χ3v) is 4.06. The first-order valence-corrected chi connectivity index (χ1v) is 6.42. The molecule has 1 saturated carbocycles. The molecule has 2 N–H and O–H groups in total. The van der Waals surface area contributed by atoms with Crippen molar-refractivity contribution < 1.29 is 4.74 Å². The first kappa shape index (κ1) is 12.4. The zero-order valence-corrected chi connectivity index (χ0v) is 10.8. The Hall–Kier alpha value is -1.09. The topological polar surface area (TPSA) is 48.1 Å². The van der Waals surface area contributed by atoms with Crippen LogP contribution in [0.1, 0.15) is 50.8 Å². The largest absolute Gasteiger partial charge is 0.495 e. The van der Waals surface area contributed by atoms with Gasteiger partial charge < -0.3 is 10.5 Å². The lowest BCUT2D eigenvalue weighted by atomic mass is 9.70. The van der Waals surface area contributed by atoms with Gasteiger partial charge >= 0.3 is 0 Å². The summed E-state index contributed by atoms with van der Waals surface area (Å²) >= 11 is 0. The van der Waals surface area contributed by atoms with Crippen LogP contribution in [-0.2, 0) is 0 Å². The van der Waals surface area contributed by atoms with Gasteiger partial charge in [0.2, 0.25) is 0 Å². The van der Waals surface area contributed by atoms with Crippen LogP contribution in [0, 0.1) is 5.41 Å². The fraction of sp³-hybridized carbons (Fsp3) is 0.643. The van der Waals surface area contributed by atoms with Crippen molar-refractivity contribution in [1.82, 2.24) is 4.98 Å². The van der Waals surface area contributed by atoms with Gasteiger partial charge in [0.1, 0.15) is 5.75 Å². The molecule has 2 rings (SSSR count). The van der Waals surface area contributed by atoms with Crippen molar-refractivity contribution in [1.29, 1.82) is 0 Å². The first-order valence-electron chi connectivity index (χ1n) is 6.42. The van der Waals surface area contributed by atoms with Gasteiger partial charge in [-0.3, -0.25) is 4.98 Å². The maximum Gasteiger partial charge on any atom is 0.141 e. The van der Waals surface area contributed by atoms with Crippen LogP contribution < -0.4 is 10.5 Å². The van der Waals surface area contributed by atoms with E-state index in [-0.39, 0.29) is 11.5 Å². The number of aromatic nitrogens is 1. The number of ether oxygens (including phenoxy) is 1. The van der Waals surface area contributed by atoms with E-state index in [1.807, 2.05) is 12.1 Å². The molecular formula is C14H22N2O. The SMILES string of the molecule is COc1cccnc1C(N)C1(C)CCCCC1. The van der Waals surface area contributed by atoms with Crippen molar-refractivity contribution in [3.8, 4) is 5.75 Å². The van der Waals surface area contributed by atoms with Crippen LogP contribution in [0.3, 0.4) is 0 Å². The summed E-state index contributed by atoms with van der Waals surface area (Å²) in [5.74, 6) is 0.812. The van der Waals surface area contributed by atoms with E-state index >= 15 is 0 Å². The second-order valence-electron chi connectivity index (χ2n) is 5.28. The van der Waals surface area contributed by atoms with E-state index in [1.54, 1.807) is 13.3 Å². The molecule has 1 heterocycles. The molecule has 1 unspecified atom stereocenters. The minimum atomic E-state index is -0.0288. The molecule has 0 aromatic carbocycles. The van der Waals surface area contributed by atoms with E-state index in [1.165, 1.54) is 32.1 Å².